The van der Waals surface area contributed by atoms with E-state index in [1.807, 2.05) is 0 Å². The molecule has 0 aromatic carbocycles. The predicted octanol–water partition coefficient (Wildman–Crippen LogP) is 2.76. The maximum Gasteiger partial charge on any atom is 0.418 e. The van der Waals surface area contributed by atoms with Crippen molar-refractivity contribution in [1.29, 1.82) is 0 Å². The second-order valence-electron chi connectivity index (χ2n) is 2.20. The van der Waals surface area contributed by atoms with Crippen LogP contribution in [0.15, 0.2) is 12.3 Å². The van der Waals surface area contributed by atoms with Gasteiger partial charge in [-0.1, -0.05) is 11.6 Å². The van der Waals surface area contributed by atoms with Gasteiger partial charge in [-0.25, -0.2) is 4.98 Å². The van der Waals surface area contributed by atoms with Crippen molar-refractivity contribution in [2.45, 2.75) is 6.18 Å². The summed E-state index contributed by atoms with van der Waals surface area (Å²) in [5.74, 6) is -0.114. The zero-order valence-electron chi connectivity index (χ0n) is 6.52. The highest BCUT2D eigenvalue weighted by atomic mass is 35.5. The molecule has 13 heavy (non-hydrogen) atoms. The Kier molecular flexibility index (Phi) is 2.66. The molecule has 0 fully saturated rings. The Bertz CT molecular complexity index is 313. The van der Waals surface area contributed by atoms with Gasteiger partial charge in [0.25, 0.3) is 0 Å². The first kappa shape index (κ1) is 10.1. The molecule has 0 aliphatic carbocycles. The molecule has 0 spiro atoms. The van der Waals surface area contributed by atoms with Crippen molar-refractivity contribution in [3.63, 3.8) is 0 Å². The molecule has 0 atom stereocenters. The van der Waals surface area contributed by atoms with Crippen LogP contribution in [0, 0.1) is 0 Å². The third-order valence-corrected chi connectivity index (χ3v) is 1.65. The van der Waals surface area contributed by atoms with Crippen LogP contribution in [0.5, 0.6) is 5.88 Å². The number of hydrogen-bond donors (Lipinski definition) is 0. The molecule has 6 heteroatoms. The average Bonchev–Trinajstić information content (AvgIpc) is 2.03. The molecule has 0 unspecified atom stereocenters. The fourth-order valence-corrected chi connectivity index (χ4v) is 0.959. The molecule has 0 bridgehead atoms. The van der Waals surface area contributed by atoms with Gasteiger partial charge in [-0.05, 0) is 0 Å². The summed E-state index contributed by atoms with van der Waals surface area (Å²) in [4.78, 5) is 3.52. The van der Waals surface area contributed by atoms with E-state index in [-0.39, 0.29) is 5.88 Å². The Hall–Kier alpha value is -0.970. The van der Waals surface area contributed by atoms with Crippen LogP contribution in [0.25, 0.3) is 0 Å². The maximum absolute atomic E-state index is 12.2. The Labute approximate surface area is 77.3 Å². The molecule has 0 saturated carbocycles. The molecule has 1 rings (SSSR count). The third kappa shape index (κ3) is 2.24. The summed E-state index contributed by atoms with van der Waals surface area (Å²) in [6.07, 6.45) is -3.57. The molecule has 0 radical (unpaired) electrons. The lowest BCUT2D eigenvalue weighted by atomic mass is 10.2. The average molecular weight is 212 g/mol. The van der Waals surface area contributed by atoms with Crippen molar-refractivity contribution in [2.24, 2.45) is 0 Å². The molecule has 1 aromatic heterocycles. The van der Waals surface area contributed by atoms with Crippen LogP contribution in [-0.2, 0) is 6.18 Å². The highest BCUT2D eigenvalue weighted by molar-refractivity contribution is 6.31. The van der Waals surface area contributed by atoms with Gasteiger partial charge >= 0.3 is 6.18 Å². The maximum atomic E-state index is 12.2. The van der Waals surface area contributed by atoms with Crippen molar-refractivity contribution >= 4 is 11.6 Å². The number of aromatic nitrogens is 1. The largest absolute Gasteiger partial charge is 0.481 e. The summed E-state index contributed by atoms with van der Waals surface area (Å²) in [6.45, 7) is 0. The lowest BCUT2D eigenvalue weighted by Gasteiger charge is -2.09. The van der Waals surface area contributed by atoms with Crippen molar-refractivity contribution in [3.05, 3.63) is 22.8 Å². The summed E-state index contributed by atoms with van der Waals surface area (Å²) in [7, 11) is 1.23. The number of pyridine rings is 1. The minimum absolute atomic E-state index is 0.114. The van der Waals surface area contributed by atoms with Gasteiger partial charge in [0.15, 0.2) is 0 Å². The third-order valence-electron chi connectivity index (χ3n) is 1.34. The SMILES string of the molecule is COc1cc(C(F)(F)F)c(Cl)cn1. The van der Waals surface area contributed by atoms with E-state index in [9.17, 15) is 13.2 Å². The van der Waals surface area contributed by atoms with Crippen molar-refractivity contribution in [2.75, 3.05) is 7.11 Å². The molecule has 0 amide bonds. The first-order chi connectivity index (χ1) is 5.95. The summed E-state index contributed by atoms with van der Waals surface area (Å²) in [6, 6.07) is 0.752. The topological polar surface area (TPSA) is 22.1 Å². The highest BCUT2D eigenvalue weighted by Gasteiger charge is 2.33. The Balaban J connectivity index is 3.19. The minimum Gasteiger partial charge on any atom is -0.481 e. The zero-order valence-corrected chi connectivity index (χ0v) is 7.28. The lowest BCUT2D eigenvalue weighted by Crippen LogP contribution is -2.06. The molecule has 0 N–H and O–H groups in total. The number of alkyl halides is 3. The molecular weight excluding hydrogens is 207 g/mol. The van der Waals surface area contributed by atoms with Crippen molar-refractivity contribution in [3.8, 4) is 5.88 Å². The van der Waals surface area contributed by atoms with Gasteiger partial charge < -0.3 is 4.74 Å². The van der Waals surface area contributed by atoms with Crippen LogP contribution >= 0.6 is 11.6 Å². The first-order valence-corrected chi connectivity index (χ1v) is 3.59. The molecule has 2 nitrogen and oxygen atoms in total. The second-order valence-corrected chi connectivity index (χ2v) is 2.61. The molecule has 0 aliphatic rings. The Morgan fingerprint density at radius 2 is 2.08 bits per heavy atom. The Morgan fingerprint density at radius 1 is 1.46 bits per heavy atom. The molecule has 0 aliphatic heterocycles. The number of halogens is 4. The van der Waals surface area contributed by atoms with E-state index in [1.165, 1.54) is 7.11 Å². The monoisotopic (exact) mass is 211 g/mol. The molecule has 72 valence electrons. The van der Waals surface area contributed by atoms with Crippen LogP contribution in [0.2, 0.25) is 5.02 Å². The van der Waals surface area contributed by atoms with Crippen LogP contribution < -0.4 is 4.74 Å². The fourth-order valence-electron chi connectivity index (χ4n) is 0.748. The number of methoxy groups -OCH3 is 1. The van der Waals surface area contributed by atoms with E-state index < -0.39 is 16.8 Å². The van der Waals surface area contributed by atoms with Gasteiger partial charge in [-0.15, -0.1) is 0 Å². The summed E-state index contributed by atoms with van der Waals surface area (Å²) >= 11 is 5.30. The van der Waals surface area contributed by atoms with Gasteiger partial charge in [0.05, 0.1) is 23.9 Å². The predicted molar refractivity (Wildman–Crippen MR) is 40.8 cm³/mol. The summed E-state index contributed by atoms with van der Waals surface area (Å²) < 4.78 is 41.1. The molecule has 0 saturated heterocycles. The van der Waals surface area contributed by atoms with Gasteiger partial charge in [-0.2, -0.15) is 13.2 Å². The fraction of sp³-hybridized carbons (Fsp3) is 0.286. The van der Waals surface area contributed by atoms with Gasteiger partial charge in [-0.3, -0.25) is 0 Å². The van der Waals surface area contributed by atoms with E-state index in [2.05, 4.69) is 9.72 Å². The van der Waals surface area contributed by atoms with Crippen LogP contribution in [0.3, 0.4) is 0 Å². The van der Waals surface area contributed by atoms with Crippen molar-refractivity contribution in [1.82, 2.24) is 4.98 Å². The van der Waals surface area contributed by atoms with Gasteiger partial charge in [0, 0.05) is 6.07 Å². The number of ether oxygens (including phenoxy) is 1. The Morgan fingerprint density at radius 3 is 2.54 bits per heavy atom. The van der Waals surface area contributed by atoms with E-state index in [0.29, 0.717) is 0 Å². The standard InChI is InChI=1S/C7H5ClF3NO/c1-13-6-2-4(7(9,10)11)5(8)3-12-6/h2-3H,1H3. The summed E-state index contributed by atoms with van der Waals surface area (Å²) in [5.41, 5.74) is -0.944. The molecule has 1 heterocycles. The lowest BCUT2D eigenvalue weighted by molar-refractivity contribution is -0.137. The number of nitrogens with zero attached hydrogens (tertiary/aromatic N) is 1. The number of hydrogen-bond acceptors (Lipinski definition) is 2. The van der Waals surface area contributed by atoms with E-state index in [1.54, 1.807) is 0 Å². The van der Waals surface area contributed by atoms with Gasteiger partial charge in [0.1, 0.15) is 0 Å². The smallest absolute Gasteiger partial charge is 0.418 e. The first-order valence-electron chi connectivity index (χ1n) is 3.22. The van der Waals surface area contributed by atoms with Crippen LogP contribution in [0.1, 0.15) is 5.56 Å². The van der Waals surface area contributed by atoms with E-state index in [0.717, 1.165) is 12.3 Å². The quantitative estimate of drug-likeness (QED) is 0.713. The van der Waals surface area contributed by atoms with Crippen LogP contribution in [0.4, 0.5) is 13.2 Å². The van der Waals surface area contributed by atoms with Crippen molar-refractivity contribution < 1.29 is 17.9 Å². The molecular formula is C7H5ClF3NO. The van der Waals surface area contributed by atoms with Gasteiger partial charge in [0.2, 0.25) is 5.88 Å². The zero-order chi connectivity index (χ0) is 10.1. The van der Waals surface area contributed by atoms with E-state index in [4.69, 9.17) is 11.6 Å². The molecule has 1 aromatic rings. The normalized spacial score (nSPS) is 11.5. The number of rotatable bonds is 1. The van der Waals surface area contributed by atoms with Crippen LogP contribution in [-0.4, -0.2) is 12.1 Å². The second kappa shape index (κ2) is 3.41. The minimum atomic E-state index is -4.48. The summed E-state index contributed by atoms with van der Waals surface area (Å²) in [5, 5.41) is -0.437. The highest BCUT2D eigenvalue weighted by Crippen LogP contribution is 2.35. The van der Waals surface area contributed by atoms with E-state index >= 15 is 0 Å².